The van der Waals surface area contributed by atoms with E-state index in [4.69, 9.17) is 5.26 Å². The lowest BCUT2D eigenvalue weighted by Gasteiger charge is -2.18. The molecule has 0 radical (unpaired) electrons. The summed E-state index contributed by atoms with van der Waals surface area (Å²) >= 11 is 1.62. The fourth-order valence-electron chi connectivity index (χ4n) is 2.23. The molecule has 0 atom stereocenters. The molecule has 0 aliphatic carbocycles. The highest BCUT2D eigenvalue weighted by Crippen LogP contribution is 2.31. The largest absolute Gasteiger partial charge is 0.330 e. The Morgan fingerprint density at radius 1 is 1.00 bits per heavy atom. The summed E-state index contributed by atoms with van der Waals surface area (Å²) in [6, 6.07) is 22.6. The van der Waals surface area contributed by atoms with Crippen LogP contribution in [0.1, 0.15) is 19.4 Å². The topological polar surface area (TPSA) is 39.9 Å². The minimum absolute atomic E-state index is 0.330. The minimum atomic E-state index is 0.330. The van der Waals surface area contributed by atoms with Crippen LogP contribution in [0.3, 0.4) is 0 Å². The van der Waals surface area contributed by atoms with Crippen LogP contribution in [0.2, 0.25) is 0 Å². The third-order valence-electron chi connectivity index (χ3n) is 3.30. The fourth-order valence-corrected chi connectivity index (χ4v) is 3.15. The zero-order chi connectivity index (χ0) is 17.2. The van der Waals surface area contributed by atoms with Gasteiger partial charge in [0.1, 0.15) is 6.54 Å². The van der Waals surface area contributed by atoms with Crippen LogP contribution in [0.4, 0.5) is 5.13 Å². The van der Waals surface area contributed by atoms with E-state index in [0.717, 1.165) is 15.6 Å². The molecule has 0 aliphatic rings. The van der Waals surface area contributed by atoms with Crippen molar-refractivity contribution in [2.24, 2.45) is 0 Å². The molecule has 1 aromatic heterocycles. The molecule has 4 heteroatoms. The van der Waals surface area contributed by atoms with Crippen LogP contribution in [0.15, 0.2) is 66.9 Å². The molecule has 2 aromatic carbocycles. The third-order valence-corrected chi connectivity index (χ3v) is 4.41. The highest BCUT2D eigenvalue weighted by molar-refractivity contribution is 7.18. The summed E-state index contributed by atoms with van der Waals surface area (Å²) in [4.78, 5) is 7.62. The Hall–Kier alpha value is -2.64. The number of thiazole rings is 1. The van der Waals surface area contributed by atoms with Crippen molar-refractivity contribution in [1.29, 1.82) is 5.26 Å². The van der Waals surface area contributed by atoms with Crippen LogP contribution < -0.4 is 4.90 Å². The van der Waals surface area contributed by atoms with Gasteiger partial charge in [0, 0.05) is 12.7 Å². The van der Waals surface area contributed by atoms with E-state index < -0.39 is 0 Å². The zero-order valence-corrected chi connectivity index (χ0v) is 14.8. The molecular weight excluding hydrogens is 314 g/mol. The van der Waals surface area contributed by atoms with Crippen molar-refractivity contribution >= 4 is 16.5 Å². The maximum atomic E-state index is 9.09. The van der Waals surface area contributed by atoms with Crippen LogP contribution >= 0.6 is 11.3 Å². The van der Waals surface area contributed by atoms with Crippen LogP contribution in [0, 0.1) is 11.3 Å². The van der Waals surface area contributed by atoms with E-state index in [-0.39, 0.29) is 0 Å². The summed E-state index contributed by atoms with van der Waals surface area (Å²) < 4.78 is 0. The maximum Gasteiger partial charge on any atom is 0.187 e. The molecule has 0 bridgehead atoms. The van der Waals surface area contributed by atoms with Gasteiger partial charge < -0.3 is 4.90 Å². The lowest BCUT2D eigenvalue weighted by molar-refractivity contribution is 0.866. The highest BCUT2D eigenvalue weighted by atomic mass is 32.1. The summed E-state index contributed by atoms with van der Waals surface area (Å²) in [5.41, 5.74) is 2.33. The Balaban J connectivity index is 0.00000100. The van der Waals surface area contributed by atoms with Crippen LogP contribution in [-0.4, -0.2) is 11.5 Å². The molecule has 3 aromatic rings. The number of nitrogens with zero attached hydrogens (tertiary/aromatic N) is 3. The van der Waals surface area contributed by atoms with Gasteiger partial charge in [-0.05, 0) is 11.1 Å². The number of anilines is 1. The molecule has 0 fully saturated rings. The lowest BCUT2D eigenvalue weighted by atomic mass is 10.2. The Morgan fingerprint density at radius 3 is 2.25 bits per heavy atom. The first-order valence-corrected chi connectivity index (χ1v) is 8.85. The molecule has 0 saturated carbocycles. The zero-order valence-electron chi connectivity index (χ0n) is 14.0. The van der Waals surface area contributed by atoms with Gasteiger partial charge in [-0.2, -0.15) is 5.26 Å². The van der Waals surface area contributed by atoms with E-state index in [1.54, 1.807) is 11.3 Å². The van der Waals surface area contributed by atoms with Gasteiger partial charge in [0.2, 0.25) is 0 Å². The Kier molecular flexibility index (Phi) is 7.00. The standard InChI is InChI=1S/C18H15N3S.C2H6/c19-11-12-21(14-15-7-3-1-4-8-15)18-20-13-17(22-18)16-9-5-2-6-10-16;1-2/h1-10,13H,12,14H2;1-2H3. The van der Waals surface area contributed by atoms with Crippen molar-refractivity contribution in [2.75, 3.05) is 11.4 Å². The molecule has 24 heavy (non-hydrogen) atoms. The van der Waals surface area contributed by atoms with Crippen molar-refractivity contribution < 1.29 is 0 Å². The van der Waals surface area contributed by atoms with E-state index in [2.05, 4.69) is 35.3 Å². The van der Waals surface area contributed by atoms with Gasteiger partial charge in [0.15, 0.2) is 5.13 Å². The van der Waals surface area contributed by atoms with Gasteiger partial charge >= 0.3 is 0 Å². The molecule has 0 N–H and O–H groups in total. The molecule has 3 rings (SSSR count). The minimum Gasteiger partial charge on any atom is -0.330 e. The predicted molar refractivity (Wildman–Crippen MR) is 102 cm³/mol. The first kappa shape index (κ1) is 17.7. The Bertz CT molecular complexity index is 760. The quantitative estimate of drug-likeness (QED) is 0.589. The molecular formula is C20H21N3S. The van der Waals surface area contributed by atoms with Crippen molar-refractivity contribution in [1.82, 2.24) is 4.98 Å². The predicted octanol–water partition coefficient (Wildman–Crippen LogP) is 5.37. The second kappa shape index (κ2) is 9.49. The van der Waals surface area contributed by atoms with Crippen molar-refractivity contribution in [3.63, 3.8) is 0 Å². The van der Waals surface area contributed by atoms with E-state index in [0.29, 0.717) is 13.1 Å². The molecule has 3 nitrogen and oxygen atoms in total. The van der Waals surface area contributed by atoms with Crippen LogP contribution in [0.25, 0.3) is 10.4 Å². The third kappa shape index (κ3) is 4.68. The number of rotatable bonds is 5. The van der Waals surface area contributed by atoms with Gasteiger partial charge in [-0.1, -0.05) is 85.8 Å². The van der Waals surface area contributed by atoms with E-state index in [1.807, 2.05) is 61.3 Å². The average molecular weight is 335 g/mol. The Morgan fingerprint density at radius 2 is 1.62 bits per heavy atom. The van der Waals surface area contributed by atoms with Crippen LogP contribution in [0.5, 0.6) is 0 Å². The summed E-state index contributed by atoms with van der Waals surface area (Å²) in [6.07, 6.45) is 1.88. The van der Waals surface area contributed by atoms with Gasteiger partial charge in [0.25, 0.3) is 0 Å². The molecule has 0 saturated heterocycles. The van der Waals surface area contributed by atoms with E-state index >= 15 is 0 Å². The SMILES string of the molecule is CC.N#CCN(Cc1ccccc1)c1ncc(-c2ccccc2)s1. The average Bonchev–Trinajstić information content (AvgIpc) is 3.15. The van der Waals surface area contributed by atoms with Crippen LogP contribution in [-0.2, 0) is 6.54 Å². The van der Waals surface area contributed by atoms with Gasteiger partial charge in [-0.3, -0.25) is 0 Å². The van der Waals surface area contributed by atoms with Gasteiger partial charge in [-0.25, -0.2) is 4.98 Å². The number of nitriles is 1. The molecule has 1 heterocycles. The van der Waals surface area contributed by atoms with E-state index in [9.17, 15) is 0 Å². The highest BCUT2D eigenvalue weighted by Gasteiger charge is 2.12. The molecule has 0 aliphatic heterocycles. The number of benzene rings is 2. The summed E-state index contributed by atoms with van der Waals surface area (Å²) in [7, 11) is 0. The second-order valence-electron chi connectivity index (χ2n) is 4.87. The summed E-state index contributed by atoms with van der Waals surface area (Å²) in [6.45, 7) is 5.02. The van der Waals surface area contributed by atoms with Crippen molar-refractivity contribution in [2.45, 2.75) is 20.4 Å². The van der Waals surface area contributed by atoms with E-state index in [1.165, 1.54) is 5.56 Å². The summed E-state index contributed by atoms with van der Waals surface area (Å²) in [5.74, 6) is 0. The van der Waals surface area contributed by atoms with Gasteiger partial charge in [-0.15, -0.1) is 0 Å². The van der Waals surface area contributed by atoms with Gasteiger partial charge in [0.05, 0.1) is 10.9 Å². The summed E-state index contributed by atoms with van der Waals surface area (Å²) in [5, 5.41) is 9.96. The Labute approximate surface area is 147 Å². The number of hydrogen-bond acceptors (Lipinski definition) is 4. The first-order chi connectivity index (χ1) is 11.9. The number of aromatic nitrogens is 1. The monoisotopic (exact) mass is 335 g/mol. The normalized spacial score (nSPS) is 9.54. The first-order valence-electron chi connectivity index (χ1n) is 8.04. The molecule has 122 valence electrons. The maximum absolute atomic E-state index is 9.09. The second-order valence-corrected chi connectivity index (χ2v) is 5.88. The molecule has 0 amide bonds. The molecule has 0 spiro atoms. The smallest absolute Gasteiger partial charge is 0.187 e. The fraction of sp³-hybridized carbons (Fsp3) is 0.200. The lowest BCUT2D eigenvalue weighted by Crippen LogP contribution is -2.22. The van der Waals surface area contributed by atoms with Crippen molar-refractivity contribution in [3.05, 3.63) is 72.4 Å². The molecule has 0 unspecified atom stereocenters. The van der Waals surface area contributed by atoms with Crippen molar-refractivity contribution in [3.8, 4) is 16.5 Å². The number of hydrogen-bond donors (Lipinski definition) is 0.